The maximum atomic E-state index is 12.0. The predicted octanol–water partition coefficient (Wildman–Crippen LogP) is 3.90. The molecule has 0 fully saturated rings. The quantitative estimate of drug-likeness (QED) is 0.823. The number of nitrogens with one attached hydrogen (secondary N) is 1. The highest BCUT2D eigenvalue weighted by Gasteiger charge is 2.13. The van der Waals surface area contributed by atoms with Crippen LogP contribution in [-0.4, -0.2) is 11.7 Å². The Labute approximate surface area is 129 Å². The smallest absolute Gasteiger partial charge is 0.220 e. The van der Waals surface area contributed by atoms with E-state index in [4.69, 9.17) is 0 Å². The van der Waals surface area contributed by atoms with Gasteiger partial charge in [-0.3, -0.25) is 9.59 Å². The zero-order chi connectivity index (χ0) is 15.2. The minimum absolute atomic E-state index is 0.0312. The van der Waals surface area contributed by atoms with Gasteiger partial charge in [-0.1, -0.05) is 30.3 Å². The Kier molecular flexibility index (Phi) is 5.28. The van der Waals surface area contributed by atoms with Gasteiger partial charge in [0.2, 0.25) is 5.91 Å². The number of thiophene rings is 1. The van der Waals surface area contributed by atoms with Crippen molar-refractivity contribution in [1.29, 1.82) is 0 Å². The van der Waals surface area contributed by atoms with Crippen molar-refractivity contribution < 1.29 is 9.59 Å². The SMILES string of the molecule is Cc1ccccc1C(C)NC(=O)CCC(=O)c1cccs1. The second kappa shape index (κ2) is 7.18. The maximum Gasteiger partial charge on any atom is 0.220 e. The number of Topliss-reactive ketones (excluding diaryl/α,β-unsaturated/α-hetero) is 1. The largest absolute Gasteiger partial charge is 0.350 e. The summed E-state index contributed by atoms with van der Waals surface area (Å²) in [6.07, 6.45) is 0.486. The molecule has 2 rings (SSSR count). The first-order chi connectivity index (χ1) is 10.1. The first kappa shape index (κ1) is 15.4. The molecule has 2 aromatic rings. The zero-order valence-electron chi connectivity index (χ0n) is 12.3. The van der Waals surface area contributed by atoms with Gasteiger partial charge in [-0.2, -0.15) is 0 Å². The van der Waals surface area contributed by atoms with Crippen molar-refractivity contribution in [2.45, 2.75) is 32.7 Å². The van der Waals surface area contributed by atoms with Gasteiger partial charge in [0, 0.05) is 12.8 Å². The number of aryl methyl sites for hydroxylation is 1. The summed E-state index contributed by atoms with van der Waals surface area (Å²) in [7, 11) is 0. The van der Waals surface area contributed by atoms with Crippen LogP contribution in [0.4, 0.5) is 0 Å². The van der Waals surface area contributed by atoms with Crippen LogP contribution in [0.2, 0.25) is 0 Å². The van der Waals surface area contributed by atoms with Crippen molar-refractivity contribution in [3.8, 4) is 0 Å². The molecule has 21 heavy (non-hydrogen) atoms. The third-order valence-corrected chi connectivity index (χ3v) is 4.32. The molecule has 110 valence electrons. The minimum atomic E-state index is -0.0874. The van der Waals surface area contributed by atoms with Crippen molar-refractivity contribution in [3.05, 3.63) is 57.8 Å². The van der Waals surface area contributed by atoms with Crippen LogP contribution in [0.25, 0.3) is 0 Å². The van der Waals surface area contributed by atoms with E-state index in [9.17, 15) is 9.59 Å². The lowest BCUT2D eigenvalue weighted by Gasteiger charge is -2.16. The molecular formula is C17H19NO2S. The van der Waals surface area contributed by atoms with Crippen LogP contribution in [0.1, 0.15) is 46.6 Å². The molecule has 0 radical (unpaired) electrons. The molecule has 0 spiro atoms. The Bertz CT molecular complexity index is 619. The van der Waals surface area contributed by atoms with Crippen LogP contribution in [-0.2, 0) is 4.79 Å². The van der Waals surface area contributed by atoms with E-state index in [0.717, 1.165) is 16.0 Å². The monoisotopic (exact) mass is 301 g/mol. The van der Waals surface area contributed by atoms with Crippen LogP contribution in [0, 0.1) is 6.92 Å². The predicted molar refractivity (Wildman–Crippen MR) is 85.6 cm³/mol. The summed E-state index contributed by atoms with van der Waals surface area (Å²) in [5, 5.41) is 4.82. The second-order valence-corrected chi connectivity index (χ2v) is 5.99. The summed E-state index contributed by atoms with van der Waals surface area (Å²) >= 11 is 1.41. The number of benzene rings is 1. The van der Waals surface area contributed by atoms with Gasteiger partial charge in [0.15, 0.2) is 5.78 Å². The van der Waals surface area contributed by atoms with E-state index in [0.29, 0.717) is 0 Å². The molecule has 0 saturated carbocycles. The van der Waals surface area contributed by atoms with Gasteiger partial charge >= 0.3 is 0 Å². The molecule has 1 atom stereocenters. The molecular weight excluding hydrogens is 282 g/mol. The number of hydrogen-bond donors (Lipinski definition) is 1. The van der Waals surface area contributed by atoms with Gasteiger partial charge in [0.05, 0.1) is 10.9 Å². The molecule has 1 amide bonds. The zero-order valence-corrected chi connectivity index (χ0v) is 13.1. The van der Waals surface area contributed by atoms with Crippen LogP contribution >= 0.6 is 11.3 Å². The van der Waals surface area contributed by atoms with E-state index in [1.165, 1.54) is 11.3 Å². The fourth-order valence-electron chi connectivity index (χ4n) is 2.25. The van der Waals surface area contributed by atoms with Crippen LogP contribution in [0.15, 0.2) is 41.8 Å². The highest BCUT2D eigenvalue weighted by atomic mass is 32.1. The van der Waals surface area contributed by atoms with Crippen LogP contribution in [0.5, 0.6) is 0 Å². The molecule has 4 heteroatoms. The summed E-state index contributed by atoms with van der Waals surface area (Å²) in [6.45, 7) is 3.99. The van der Waals surface area contributed by atoms with Crippen molar-refractivity contribution in [2.75, 3.05) is 0 Å². The number of carbonyl (C=O) groups is 2. The minimum Gasteiger partial charge on any atom is -0.350 e. The Morgan fingerprint density at radius 2 is 1.90 bits per heavy atom. The van der Waals surface area contributed by atoms with Crippen molar-refractivity contribution >= 4 is 23.0 Å². The van der Waals surface area contributed by atoms with E-state index in [1.54, 1.807) is 6.07 Å². The second-order valence-electron chi connectivity index (χ2n) is 5.05. The standard InChI is InChI=1S/C17H19NO2S/c1-12-6-3-4-7-14(12)13(2)18-17(20)10-9-15(19)16-8-5-11-21-16/h3-8,11,13H,9-10H2,1-2H3,(H,18,20). The van der Waals surface area contributed by atoms with Gasteiger partial charge in [0.1, 0.15) is 0 Å². The summed E-state index contributed by atoms with van der Waals surface area (Å²) in [5.41, 5.74) is 2.26. The van der Waals surface area contributed by atoms with Crippen molar-refractivity contribution in [3.63, 3.8) is 0 Å². The molecule has 0 aliphatic carbocycles. The van der Waals surface area contributed by atoms with Gasteiger partial charge in [-0.05, 0) is 36.4 Å². The van der Waals surface area contributed by atoms with Crippen molar-refractivity contribution in [1.82, 2.24) is 5.32 Å². The highest BCUT2D eigenvalue weighted by Crippen LogP contribution is 2.17. The summed E-state index contributed by atoms with van der Waals surface area (Å²) < 4.78 is 0. The fourth-order valence-corrected chi connectivity index (χ4v) is 2.95. The van der Waals surface area contributed by atoms with E-state index >= 15 is 0 Å². The van der Waals surface area contributed by atoms with Gasteiger partial charge in [-0.25, -0.2) is 0 Å². The molecule has 1 N–H and O–H groups in total. The lowest BCUT2D eigenvalue weighted by atomic mass is 10.0. The number of ketones is 1. The highest BCUT2D eigenvalue weighted by molar-refractivity contribution is 7.12. The van der Waals surface area contributed by atoms with Gasteiger partial charge < -0.3 is 5.32 Å². The fraction of sp³-hybridized carbons (Fsp3) is 0.294. The summed E-state index contributed by atoms with van der Waals surface area (Å²) in [4.78, 5) is 24.5. The molecule has 0 bridgehead atoms. The molecule has 0 aliphatic rings. The molecule has 0 saturated heterocycles. The Balaban J connectivity index is 1.85. The average Bonchev–Trinajstić information content (AvgIpc) is 2.99. The van der Waals surface area contributed by atoms with Crippen LogP contribution < -0.4 is 5.32 Å². The molecule has 1 aromatic heterocycles. The number of hydrogen-bond acceptors (Lipinski definition) is 3. The van der Waals surface area contributed by atoms with E-state index < -0.39 is 0 Å². The van der Waals surface area contributed by atoms with E-state index in [2.05, 4.69) is 5.32 Å². The molecule has 3 nitrogen and oxygen atoms in total. The number of rotatable bonds is 6. The lowest BCUT2D eigenvalue weighted by Crippen LogP contribution is -2.27. The Hall–Kier alpha value is -1.94. The number of carbonyl (C=O) groups excluding carboxylic acids is 2. The summed E-state index contributed by atoms with van der Waals surface area (Å²) in [6, 6.07) is 11.6. The van der Waals surface area contributed by atoms with E-state index in [1.807, 2.05) is 49.6 Å². The average molecular weight is 301 g/mol. The number of amides is 1. The first-order valence-electron chi connectivity index (χ1n) is 6.99. The molecule has 0 aliphatic heterocycles. The molecule has 1 heterocycles. The topological polar surface area (TPSA) is 46.2 Å². The van der Waals surface area contributed by atoms with Gasteiger partial charge in [0.25, 0.3) is 0 Å². The first-order valence-corrected chi connectivity index (χ1v) is 7.87. The Morgan fingerprint density at radius 3 is 2.57 bits per heavy atom. The Morgan fingerprint density at radius 1 is 1.14 bits per heavy atom. The third kappa shape index (κ3) is 4.26. The summed E-state index contributed by atoms with van der Waals surface area (Å²) in [5.74, 6) is -0.0562. The normalized spacial score (nSPS) is 11.9. The van der Waals surface area contributed by atoms with E-state index in [-0.39, 0.29) is 30.6 Å². The lowest BCUT2D eigenvalue weighted by molar-refractivity contribution is -0.121. The molecule has 1 unspecified atom stereocenters. The van der Waals surface area contributed by atoms with Crippen molar-refractivity contribution in [2.24, 2.45) is 0 Å². The maximum absolute atomic E-state index is 12.0. The molecule has 1 aromatic carbocycles. The van der Waals surface area contributed by atoms with Crippen LogP contribution in [0.3, 0.4) is 0 Å². The van der Waals surface area contributed by atoms with Gasteiger partial charge in [-0.15, -0.1) is 11.3 Å². The third-order valence-electron chi connectivity index (χ3n) is 3.41.